The molecule has 5 nitrogen and oxygen atoms in total. The van der Waals surface area contributed by atoms with Crippen LogP contribution < -0.4 is 5.32 Å². The summed E-state index contributed by atoms with van der Waals surface area (Å²) in [6, 6.07) is 17.4. The van der Waals surface area contributed by atoms with Crippen LogP contribution in [0.3, 0.4) is 0 Å². The van der Waals surface area contributed by atoms with Gasteiger partial charge in [0.1, 0.15) is 11.5 Å². The van der Waals surface area contributed by atoms with Crippen molar-refractivity contribution in [3.8, 4) is 11.5 Å². The zero-order valence-corrected chi connectivity index (χ0v) is 16.2. The largest absolute Gasteiger partial charge is 0.365 e. The van der Waals surface area contributed by atoms with E-state index in [-0.39, 0.29) is 0 Å². The maximum Gasteiger partial charge on any atom is 0.180 e. The minimum atomic E-state index is 0.337. The van der Waals surface area contributed by atoms with Gasteiger partial charge in [-0.3, -0.25) is 9.88 Å². The highest BCUT2D eigenvalue weighted by Gasteiger charge is 2.34. The van der Waals surface area contributed by atoms with Gasteiger partial charge in [0.25, 0.3) is 0 Å². The summed E-state index contributed by atoms with van der Waals surface area (Å²) >= 11 is 0. The van der Waals surface area contributed by atoms with Gasteiger partial charge in [0.05, 0.1) is 6.04 Å². The summed E-state index contributed by atoms with van der Waals surface area (Å²) in [7, 11) is 2.21. The molecule has 5 rings (SSSR count). The molecular formula is C23H25N5. The van der Waals surface area contributed by atoms with Crippen molar-refractivity contribution in [3.05, 3.63) is 71.5 Å². The number of aromatic nitrogens is 3. The number of hydrogen-bond acceptors (Lipinski definition) is 5. The Bertz CT molecular complexity index is 957. The summed E-state index contributed by atoms with van der Waals surface area (Å²) < 4.78 is 0. The molecule has 1 aliphatic carbocycles. The Balaban J connectivity index is 1.50. The van der Waals surface area contributed by atoms with Crippen LogP contribution in [0.4, 0.5) is 5.82 Å². The number of nitrogens with zero attached hydrogens (tertiary/aromatic N) is 4. The fraction of sp³-hybridized carbons (Fsp3) is 0.348. The fourth-order valence-electron chi connectivity index (χ4n) is 4.57. The second-order valence-corrected chi connectivity index (χ2v) is 7.77. The molecule has 1 saturated heterocycles. The van der Waals surface area contributed by atoms with Crippen LogP contribution in [-0.2, 0) is 12.8 Å². The van der Waals surface area contributed by atoms with Crippen molar-refractivity contribution in [1.82, 2.24) is 19.9 Å². The molecule has 2 atom stereocenters. The first-order valence-corrected chi connectivity index (χ1v) is 10.1. The van der Waals surface area contributed by atoms with Crippen molar-refractivity contribution in [1.29, 1.82) is 0 Å². The number of fused-ring (bicyclic) bond motifs is 1. The van der Waals surface area contributed by atoms with Crippen molar-refractivity contribution in [2.45, 2.75) is 37.8 Å². The van der Waals surface area contributed by atoms with Crippen LogP contribution in [0.2, 0.25) is 0 Å². The van der Waals surface area contributed by atoms with Crippen LogP contribution in [-0.4, -0.2) is 39.5 Å². The number of nitrogens with one attached hydrogen (secondary N) is 1. The first-order valence-electron chi connectivity index (χ1n) is 10.1. The first-order chi connectivity index (χ1) is 13.8. The third kappa shape index (κ3) is 3.16. The van der Waals surface area contributed by atoms with Crippen LogP contribution in [0.15, 0.2) is 54.7 Å². The number of hydrogen-bond donors (Lipinski definition) is 1. The van der Waals surface area contributed by atoms with Gasteiger partial charge in [-0.1, -0.05) is 36.4 Å². The summed E-state index contributed by atoms with van der Waals surface area (Å²) in [5.74, 6) is 1.73. The highest BCUT2D eigenvalue weighted by atomic mass is 15.2. The molecule has 1 N–H and O–H groups in total. The molecule has 0 radical (unpaired) electrons. The van der Waals surface area contributed by atoms with E-state index in [4.69, 9.17) is 9.97 Å². The van der Waals surface area contributed by atoms with Gasteiger partial charge in [-0.15, -0.1) is 0 Å². The van der Waals surface area contributed by atoms with E-state index in [0.717, 1.165) is 49.6 Å². The quantitative estimate of drug-likeness (QED) is 0.754. The standard InChI is InChI=1S/C23H25N5/c1-28-15-13-19(21(28)16-8-3-2-4-9-16)26-22-17-10-7-12-18(17)25-23(27-22)20-11-5-6-14-24-20/h2-6,8-9,11,14,19,21H,7,10,12-13,15H2,1H3,(H,25,26,27). The molecular weight excluding hydrogens is 346 g/mol. The van der Waals surface area contributed by atoms with Crippen molar-refractivity contribution in [2.24, 2.45) is 0 Å². The molecule has 1 aliphatic heterocycles. The predicted octanol–water partition coefficient (Wildman–Crippen LogP) is 3.88. The average molecular weight is 371 g/mol. The molecule has 1 aromatic carbocycles. The van der Waals surface area contributed by atoms with Crippen LogP contribution in [0.5, 0.6) is 0 Å². The summed E-state index contributed by atoms with van der Waals surface area (Å²) in [6.45, 7) is 1.08. The smallest absolute Gasteiger partial charge is 0.180 e. The normalized spacial score (nSPS) is 21.6. The Morgan fingerprint density at radius 3 is 2.68 bits per heavy atom. The highest BCUT2D eigenvalue weighted by molar-refractivity contribution is 5.58. The Labute approximate surface area is 165 Å². The molecule has 28 heavy (non-hydrogen) atoms. The number of aryl methyl sites for hydroxylation is 1. The number of likely N-dealkylation sites (N-methyl/N-ethyl adjacent to an activating group) is 1. The SMILES string of the molecule is CN1CCC(Nc2nc(-c3ccccn3)nc3c2CCC3)C1c1ccccc1. The lowest BCUT2D eigenvalue weighted by Crippen LogP contribution is -2.29. The molecule has 142 valence electrons. The van der Waals surface area contributed by atoms with E-state index < -0.39 is 0 Å². The maximum atomic E-state index is 4.93. The Kier molecular flexibility index (Phi) is 4.53. The van der Waals surface area contributed by atoms with Gasteiger partial charge in [-0.2, -0.15) is 0 Å². The molecule has 0 amide bonds. The molecule has 1 fully saturated rings. The van der Waals surface area contributed by atoms with Crippen LogP contribution >= 0.6 is 0 Å². The van der Waals surface area contributed by atoms with E-state index in [1.807, 2.05) is 18.2 Å². The molecule has 3 heterocycles. The van der Waals surface area contributed by atoms with E-state index in [2.05, 4.69) is 52.6 Å². The van der Waals surface area contributed by atoms with Gasteiger partial charge in [0, 0.05) is 30.0 Å². The lowest BCUT2D eigenvalue weighted by atomic mass is 10.00. The monoisotopic (exact) mass is 371 g/mol. The van der Waals surface area contributed by atoms with Crippen molar-refractivity contribution >= 4 is 5.82 Å². The minimum absolute atomic E-state index is 0.337. The topological polar surface area (TPSA) is 53.9 Å². The van der Waals surface area contributed by atoms with E-state index in [1.54, 1.807) is 6.20 Å². The Morgan fingerprint density at radius 2 is 1.86 bits per heavy atom. The van der Waals surface area contributed by atoms with E-state index >= 15 is 0 Å². The summed E-state index contributed by atoms with van der Waals surface area (Å²) in [5, 5.41) is 3.81. The van der Waals surface area contributed by atoms with Crippen LogP contribution in [0, 0.1) is 0 Å². The molecule has 2 aromatic heterocycles. The fourth-order valence-corrected chi connectivity index (χ4v) is 4.57. The second-order valence-electron chi connectivity index (χ2n) is 7.77. The van der Waals surface area contributed by atoms with Crippen LogP contribution in [0.1, 0.15) is 35.7 Å². The molecule has 0 spiro atoms. The lowest BCUT2D eigenvalue weighted by Gasteiger charge is -2.27. The Hall–Kier alpha value is -2.79. The number of anilines is 1. The van der Waals surface area contributed by atoms with Crippen molar-refractivity contribution in [3.63, 3.8) is 0 Å². The highest BCUT2D eigenvalue weighted by Crippen LogP contribution is 2.35. The van der Waals surface area contributed by atoms with Crippen molar-refractivity contribution < 1.29 is 0 Å². The van der Waals surface area contributed by atoms with Gasteiger partial charge in [-0.05, 0) is 50.4 Å². The third-order valence-corrected chi connectivity index (χ3v) is 5.94. The zero-order chi connectivity index (χ0) is 18.9. The number of likely N-dealkylation sites (tertiary alicyclic amines) is 1. The maximum absolute atomic E-state index is 4.93. The molecule has 3 aromatic rings. The average Bonchev–Trinajstić information content (AvgIpc) is 3.36. The Morgan fingerprint density at radius 1 is 1.00 bits per heavy atom. The van der Waals surface area contributed by atoms with Crippen LogP contribution in [0.25, 0.3) is 11.5 Å². The van der Waals surface area contributed by atoms with Crippen molar-refractivity contribution in [2.75, 3.05) is 18.9 Å². The molecule has 2 aliphatic rings. The van der Waals surface area contributed by atoms with Gasteiger partial charge in [-0.25, -0.2) is 9.97 Å². The molecule has 2 unspecified atom stereocenters. The number of pyridine rings is 1. The summed E-state index contributed by atoms with van der Waals surface area (Å²) in [4.78, 5) is 16.7. The first kappa shape index (κ1) is 17.3. The van der Waals surface area contributed by atoms with Gasteiger partial charge in [0.15, 0.2) is 5.82 Å². The predicted molar refractivity (Wildman–Crippen MR) is 111 cm³/mol. The molecule has 0 bridgehead atoms. The molecule has 5 heteroatoms. The van der Waals surface area contributed by atoms with E-state index in [1.165, 1.54) is 16.8 Å². The van der Waals surface area contributed by atoms with Gasteiger partial charge >= 0.3 is 0 Å². The minimum Gasteiger partial charge on any atom is -0.365 e. The van der Waals surface area contributed by atoms with E-state index in [9.17, 15) is 0 Å². The lowest BCUT2D eigenvalue weighted by molar-refractivity contribution is 0.309. The summed E-state index contributed by atoms with van der Waals surface area (Å²) in [6.07, 6.45) is 6.14. The van der Waals surface area contributed by atoms with Gasteiger partial charge < -0.3 is 5.32 Å². The summed E-state index contributed by atoms with van der Waals surface area (Å²) in [5.41, 5.74) is 4.67. The zero-order valence-electron chi connectivity index (χ0n) is 16.2. The second kappa shape index (κ2) is 7.32. The number of benzene rings is 1. The van der Waals surface area contributed by atoms with E-state index in [0.29, 0.717) is 12.1 Å². The molecule has 0 saturated carbocycles. The third-order valence-electron chi connectivity index (χ3n) is 5.94. The number of rotatable bonds is 4. The van der Waals surface area contributed by atoms with Gasteiger partial charge in [0.2, 0.25) is 0 Å².